The molecule has 0 fully saturated rings. The minimum atomic E-state index is -0.626. The van der Waals surface area contributed by atoms with Gasteiger partial charge < -0.3 is 14.8 Å². The molecule has 1 heterocycles. The molecule has 16 heavy (non-hydrogen) atoms. The lowest BCUT2D eigenvalue weighted by Gasteiger charge is -2.10. The van der Waals surface area contributed by atoms with Crippen molar-refractivity contribution in [3.05, 3.63) is 52.9 Å². The van der Waals surface area contributed by atoms with Crippen LogP contribution in [0.5, 0.6) is 0 Å². The minimum absolute atomic E-state index is 0.426. The molecule has 0 aliphatic carbocycles. The van der Waals surface area contributed by atoms with Crippen molar-refractivity contribution < 1.29 is 9.52 Å². The van der Waals surface area contributed by atoms with Crippen LogP contribution in [0.2, 0.25) is 0 Å². The van der Waals surface area contributed by atoms with Crippen LogP contribution in [0.25, 0.3) is 0 Å². The van der Waals surface area contributed by atoms with Crippen molar-refractivity contribution in [3.63, 3.8) is 0 Å². The quantitative estimate of drug-likeness (QED) is 0.905. The molecule has 1 aromatic carbocycles. The van der Waals surface area contributed by atoms with E-state index < -0.39 is 6.10 Å². The molecule has 1 atom stereocenters. The molecule has 2 N–H and O–H groups in total. The topological polar surface area (TPSA) is 45.4 Å². The number of anilines is 1. The van der Waals surface area contributed by atoms with E-state index in [9.17, 15) is 5.11 Å². The predicted molar refractivity (Wildman–Crippen MR) is 66.3 cm³/mol. The van der Waals surface area contributed by atoms with E-state index in [1.165, 1.54) is 0 Å². The van der Waals surface area contributed by atoms with Gasteiger partial charge >= 0.3 is 0 Å². The van der Waals surface area contributed by atoms with Crippen molar-refractivity contribution in [1.82, 2.24) is 0 Å². The first-order chi connectivity index (χ1) is 7.75. The lowest BCUT2D eigenvalue weighted by atomic mass is 10.2. The third kappa shape index (κ3) is 2.87. The second-order valence-corrected chi connectivity index (χ2v) is 4.33. The summed E-state index contributed by atoms with van der Waals surface area (Å²) in [6.07, 6.45) is 0.927. The molecular weight excluding hydrogens is 270 g/mol. The van der Waals surface area contributed by atoms with E-state index in [-0.39, 0.29) is 0 Å². The van der Waals surface area contributed by atoms with Gasteiger partial charge in [-0.15, -0.1) is 0 Å². The van der Waals surface area contributed by atoms with E-state index in [1.807, 2.05) is 24.3 Å². The maximum atomic E-state index is 9.76. The average Bonchev–Trinajstić information content (AvgIpc) is 2.81. The molecule has 4 heteroatoms. The van der Waals surface area contributed by atoms with Crippen LogP contribution in [-0.2, 0) is 0 Å². The third-order valence-electron chi connectivity index (χ3n) is 2.22. The SMILES string of the molecule is OC(CNc1ccc(Br)cc1)c1ccco1. The number of hydrogen-bond donors (Lipinski definition) is 2. The van der Waals surface area contributed by atoms with E-state index in [1.54, 1.807) is 18.4 Å². The molecule has 1 unspecified atom stereocenters. The highest BCUT2D eigenvalue weighted by Crippen LogP contribution is 2.17. The Bertz CT molecular complexity index is 425. The highest BCUT2D eigenvalue weighted by atomic mass is 79.9. The Balaban J connectivity index is 1.90. The second kappa shape index (κ2) is 5.18. The number of nitrogens with one attached hydrogen (secondary N) is 1. The van der Waals surface area contributed by atoms with Crippen LogP contribution < -0.4 is 5.32 Å². The van der Waals surface area contributed by atoms with E-state index in [2.05, 4.69) is 21.2 Å². The third-order valence-corrected chi connectivity index (χ3v) is 2.74. The molecule has 0 spiro atoms. The van der Waals surface area contributed by atoms with Crippen molar-refractivity contribution >= 4 is 21.6 Å². The van der Waals surface area contributed by atoms with Gasteiger partial charge in [-0.1, -0.05) is 15.9 Å². The number of rotatable bonds is 4. The summed E-state index contributed by atoms with van der Waals surface area (Å²) >= 11 is 3.36. The Morgan fingerprint density at radius 3 is 2.62 bits per heavy atom. The Morgan fingerprint density at radius 2 is 2.00 bits per heavy atom. The number of halogens is 1. The largest absolute Gasteiger partial charge is 0.467 e. The van der Waals surface area contributed by atoms with Gasteiger partial charge in [0.2, 0.25) is 0 Å². The molecule has 3 nitrogen and oxygen atoms in total. The molecule has 1 aromatic heterocycles. The van der Waals surface area contributed by atoms with Crippen LogP contribution >= 0.6 is 15.9 Å². The van der Waals surface area contributed by atoms with E-state index in [0.717, 1.165) is 10.2 Å². The summed E-state index contributed by atoms with van der Waals surface area (Å²) < 4.78 is 6.14. The molecule has 0 saturated carbocycles. The minimum Gasteiger partial charge on any atom is -0.467 e. The zero-order valence-corrected chi connectivity index (χ0v) is 10.1. The summed E-state index contributed by atoms with van der Waals surface area (Å²) in [5.74, 6) is 0.574. The number of aliphatic hydroxyl groups excluding tert-OH is 1. The maximum absolute atomic E-state index is 9.76. The van der Waals surface area contributed by atoms with Gasteiger partial charge in [0.05, 0.1) is 6.26 Å². The number of aliphatic hydroxyl groups is 1. The van der Waals surface area contributed by atoms with Gasteiger partial charge in [-0.2, -0.15) is 0 Å². The Morgan fingerprint density at radius 1 is 1.25 bits per heavy atom. The molecule has 0 aliphatic rings. The van der Waals surface area contributed by atoms with Gasteiger partial charge in [-0.05, 0) is 36.4 Å². The molecule has 2 rings (SSSR count). The first-order valence-corrected chi connectivity index (χ1v) is 5.76. The number of furan rings is 1. The number of benzene rings is 1. The van der Waals surface area contributed by atoms with Gasteiger partial charge in [0.15, 0.2) is 0 Å². The zero-order chi connectivity index (χ0) is 11.4. The van der Waals surface area contributed by atoms with Crippen molar-refractivity contribution in [2.45, 2.75) is 6.10 Å². The molecule has 0 aliphatic heterocycles. The van der Waals surface area contributed by atoms with Gasteiger partial charge in [-0.25, -0.2) is 0 Å². The van der Waals surface area contributed by atoms with E-state index in [0.29, 0.717) is 12.3 Å². The molecule has 0 radical (unpaired) electrons. The van der Waals surface area contributed by atoms with Crippen molar-refractivity contribution in [2.75, 3.05) is 11.9 Å². The predicted octanol–water partition coefficient (Wildman–Crippen LogP) is 3.19. The summed E-state index contributed by atoms with van der Waals surface area (Å²) in [5.41, 5.74) is 0.966. The van der Waals surface area contributed by atoms with Gasteiger partial charge in [0.25, 0.3) is 0 Å². The average molecular weight is 282 g/mol. The standard InChI is InChI=1S/C12H12BrNO2/c13-9-3-5-10(6-4-9)14-8-11(15)12-2-1-7-16-12/h1-7,11,14-15H,8H2. The molecule has 2 aromatic rings. The van der Waals surface area contributed by atoms with E-state index in [4.69, 9.17) is 4.42 Å². The maximum Gasteiger partial charge on any atom is 0.134 e. The molecular formula is C12H12BrNO2. The van der Waals surface area contributed by atoms with Crippen LogP contribution in [0.4, 0.5) is 5.69 Å². The second-order valence-electron chi connectivity index (χ2n) is 3.42. The van der Waals surface area contributed by atoms with Crippen molar-refractivity contribution in [2.24, 2.45) is 0 Å². The first kappa shape index (κ1) is 11.2. The molecule has 0 amide bonds. The summed E-state index contributed by atoms with van der Waals surface area (Å²) in [6.45, 7) is 0.426. The summed E-state index contributed by atoms with van der Waals surface area (Å²) in [7, 11) is 0. The Labute approximate surface area is 102 Å². The van der Waals surface area contributed by atoms with Gasteiger partial charge in [0.1, 0.15) is 11.9 Å². The fourth-order valence-electron chi connectivity index (χ4n) is 1.36. The zero-order valence-electron chi connectivity index (χ0n) is 8.56. The lowest BCUT2D eigenvalue weighted by molar-refractivity contribution is 0.162. The van der Waals surface area contributed by atoms with Crippen molar-refractivity contribution in [1.29, 1.82) is 0 Å². The Kier molecular flexibility index (Phi) is 3.64. The fourth-order valence-corrected chi connectivity index (χ4v) is 1.63. The summed E-state index contributed by atoms with van der Waals surface area (Å²) in [6, 6.07) is 11.3. The van der Waals surface area contributed by atoms with Crippen LogP contribution in [0, 0.1) is 0 Å². The molecule has 0 bridgehead atoms. The van der Waals surface area contributed by atoms with E-state index >= 15 is 0 Å². The van der Waals surface area contributed by atoms with Crippen LogP contribution in [0.3, 0.4) is 0 Å². The van der Waals surface area contributed by atoms with Crippen LogP contribution in [-0.4, -0.2) is 11.7 Å². The van der Waals surface area contributed by atoms with Gasteiger partial charge in [0, 0.05) is 16.7 Å². The highest BCUT2D eigenvalue weighted by Gasteiger charge is 2.09. The highest BCUT2D eigenvalue weighted by molar-refractivity contribution is 9.10. The summed E-state index contributed by atoms with van der Waals surface area (Å²) in [5, 5.41) is 12.9. The lowest BCUT2D eigenvalue weighted by Crippen LogP contribution is -2.11. The monoisotopic (exact) mass is 281 g/mol. The fraction of sp³-hybridized carbons (Fsp3) is 0.167. The first-order valence-electron chi connectivity index (χ1n) is 4.96. The van der Waals surface area contributed by atoms with Crippen molar-refractivity contribution in [3.8, 4) is 0 Å². The van der Waals surface area contributed by atoms with Gasteiger partial charge in [-0.3, -0.25) is 0 Å². The molecule has 84 valence electrons. The van der Waals surface area contributed by atoms with Crippen LogP contribution in [0.1, 0.15) is 11.9 Å². The smallest absolute Gasteiger partial charge is 0.134 e. The normalized spacial score (nSPS) is 12.4. The molecule has 0 saturated heterocycles. The Hall–Kier alpha value is -1.26. The van der Waals surface area contributed by atoms with Crippen LogP contribution in [0.15, 0.2) is 51.6 Å². The summed E-state index contributed by atoms with van der Waals surface area (Å²) in [4.78, 5) is 0. The number of hydrogen-bond acceptors (Lipinski definition) is 3.